The number of hydrogen-bond acceptors (Lipinski definition) is 6. The van der Waals surface area contributed by atoms with Gasteiger partial charge in [-0.05, 0) is 50.3 Å². The minimum Gasteiger partial charge on any atom is -0.452 e. The Kier molecular flexibility index (Phi) is 7.26. The van der Waals surface area contributed by atoms with Crippen LogP contribution in [0.1, 0.15) is 48.0 Å². The fourth-order valence-electron chi connectivity index (χ4n) is 3.55. The third-order valence-electron chi connectivity index (χ3n) is 5.24. The van der Waals surface area contributed by atoms with E-state index in [0.717, 1.165) is 32.1 Å². The van der Waals surface area contributed by atoms with Crippen molar-refractivity contribution in [1.82, 2.24) is 9.62 Å². The van der Waals surface area contributed by atoms with Crippen LogP contribution in [0.3, 0.4) is 0 Å². The van der Waals surface area contributed by atoms with Crippen LogP contribution in [0, 0.1) is 6.92 Å². The number of ether oxygens (including phenoxy) is 2. The Morgan fingerprint density at radius 2 is 1.97 bits per heavy atom. The Balaban J connectivity index is 1.60. The molecule has 3 rings (SSSR count). The van der Waals surface area contributed by atoms with Gasteiger partial charge in [0, 0.05) is 26.2 Å². The molecule has 1 aromatic rings. The second kappa shape index (κ2) is 9.69. The van der Waals surface area contributed by atoms with E-state index in [4.69, 9.17) is 9.47 Å². The van der Waals surface area contributed by atoms with Gasteiger partial charge in [0.2, 0.25) is 10.0 Å². The Hall–Kier alpha value is -1.97. The lowest BCUT2D eigenvalue weighted by molar-refractivity contribution is -0.124. The van der Waals surface area contributed by atoms with Gasteiger partial charge in [-0.15, -0.1) is 0 Å². The number of esters is 1. The summed E-state index contributed by atoms with van der Waals surface area (Å²) < 4.78 is 37.9. The molecule has 0 saturated carbocycles. The van der Waals surface area contributed by atoms with Gasteiger partial charge in [0.05, 0.1) is 16.6 Å². The summed E-state index contributed by atoms with van der Waals surface area (Å²) >= 11 is 0. The highest BCUT2D eigenvalue weighted by Crippen LogP contribution is 2.24. The number of nitrogens with one attached hydrogen (secondary N) is 1. The molecule has 0 aliphatic carbocycles. The normalized spacial score (nSPS) is 20.4. The summed E-state index contributed by atoms with van der Waals surface area (Å²) in [5.41, 5.74) is 0.680. The summed E-state index contributed by atoms with van der Waals surface area (Å²) in [7, 11) is -3.67. The second-order valence-electron chi connectivity index (χ2n) is 7.46. The molecule has 29 heavy (non-hydrogen) atoms. The first kappa shape index (κ1) is 21.7. The molecule has 0 spiro atoms. The molecule has 2 aliphatic rings. The lowest BCUT2D eigenvalue weighted by atomic mass is 10.1. The van der Waals surface area contributed by atoms with E-state index in [2.05, 4.69) is 5.32 Å². The predicted molar refractivity (Wildman–Crippen MR) is 106 cm³/mol. The van der Waals surface area contributed by atoms with Crippen LogP contribution in [-0.4, -0.2) is 63.6 Å². The van der Waals surface area contributed by atoms with E-state index in [0.29, 0.717) is 31.8 Å². The molecule has 8 nitrogen and oxygen atoms in total. The lowest BCUT2D eigenvalue weighted by Crippen LogP contribution is -2.36. The van der Waals surface area contributed by atoms with E-state index in [1.165, 1.54) is 16.4 Å². The van der Waals surface area contributed by atoms with E-state index >= 15 is 0 Å². The molecular weight excluding hydrogens is 396 g/mol. The van der Waals surface area contributed by atoms with Crippen LogP contribution in [0.5, 0.6) is 0 Å². The van der Waals surface area contributed by atoms with Crippen LogP contribution in [0.15, 0.2) is 23.1 Å². The first-order valence-corrected chi connectivity index (χ1v) is 11.5. The van der Waals surface area contributed by atoms with Crippen molar-refractivity contribution < 1.29 is 27.5 Å². The molecule has 0 bridgehead atoms. The minimum absolute atomic E-state index is 0.00861. The monoisotopic (exact) mass is 424 g/mol. The number of carbonyl (C=O) groups excluding carboxylic acids is 2. The van der Waals surface area contributed by atoms with Crippen molar-refractivity contribution in [2.45, 2.75) is 50.0 Å². The second-order valence-corrected chi connectivity index (χ2v) is 9.37. The van der Waals surface area contributed by atoms with Gasteiger partial charge >= 0.3 is 5.97 Å². The van der Waals surface area contributed by atoms with Crippen LogP contribution >= 0.6 is 0 Å². The molecule has 2 heterocycles. The highest BCUT2D eigenvalue weighted by atomic mass is 32.2. The Labute approximate surface area is 171 Å². The van der Waals surface area contributed by atoms with E-state index < -0.39 is 28.5 Å². The number of hydrogen-bond donors (Lipinski definition) is 1. The standard InChI is InChI=1S/C20H28N2O6S/c1-15-7-8-16(12-18(15)29(25,26)22-9-3-2-4-10-22)20(24)28-14-19(23)21-13-17-6-5-11-27-17/h7-8,12,17H,2-6,9-11,13-14H2,1H3,(H,21,23)/t17-/m0/s1. The number of benzene rings is 1. The molecule has 2 saturated heterocycles. The molecular formula is C20H28N2O6S. The number of carbonyl (C=O) groups is 2. The third-order valence-corrected chi connectivity index (χ3v) is 7.28. The zero-order chi connectivity index (χ0) is 20.9. The van der Waals surface area contributed by atoms with Crippen molar-refractivity contribution in [1.29, 1.82) is 0 Å². The quantitative estimate of drug-likeness (QED) is 0.668. The summed E-state index contributed by atoms with van der Waals surface area (Å²) in [6.07, 6.45) is 4.58. The van der Waals surface area contributed by atoms with Crippen LogP contribution in [0.4, 0.5) is 0 Å². The van der Waals surface area contributed by atoms with Crippen molar-refractivity contribution >= 4 is 21.9 Å². The van der Waals surface area contributed by atoms with E-state index in [9.17, 15) is 18.0 Å². The minimum atomic E-state index is -3.67. The van der Waals surface area contributed by atoms with Crippen LogP contribution in [0.25, 0.3) is 0 Å². The average Bonchev–Trinajstić information content (AvgIpc) is 3.25. The molecule has 1 aromatic carbocycles. The van der Waals surface area contributed by atoms with Gasteiger partial charge in [-0.3, -0.25) is 4.79 Å². The summed E-state index contributed by atoms with van der Waals surface area (Å²) in [5.74, 6) is -1.14. The van der Waals surface area contributed by atoms with Crippen molar-refractivity contribution in [2.24, 2.45) is 0 Å². The number of aryl methyl sites for hydroxylation is 1. The third kappa shape index (κ3) is 5.55. The molecule has 0 unspecified atom stereocenters. The number of amides is 1. The molecule has 0 radical (unpaired) electrons. The molecule has 2 fully saturated rings. The van der Waals surface area contributed by atoms with E-state index in [1.54, 1.807) is 13.0 Å². The van der Waals surface area contributed by atoms with Gasteiger partial charge in [-0.1, -0.05) is 12.5 Å². The molecule has 1 amide bonds. The van der Waals surface area contributed by atoms with Crippen molar-refractivity contribution in [3.05, 3.63) is 29.3 Å². The average molecular weight is 425 g/mol. The van der Waals surface area contributed by atoms with E-state index in [1.807, 2.05) is 0 Å². The van der Waals surface area contributed by atoms with Crippen molar-refractivity contribution in [2.75, 3.05) is 32.8 Å². The van der Waals surface area contributed by atoms with Crippen molar-refractivity contribution in [3.8, 4) is 0 Å². The first-order valence-electron chi connectivity index (χ1n) is 10.0. The SMILES string of the molecule is Cc1ccc(C(=O)OCC(=O)NC[C@@H]2CCCO2)cc1S(=O)(=O)N1CCCCC1. The first-order chi connectivity index (χ1) is 13.9. The molecule has 9 heteroatoms. The number of sulfonamides is 1. The number of rotatable bonds is 7. The topological polar surface area (TPSA) is 102 Å². The van der Waals surface area contributed by atoms with Crippen LogP contribution in [-0.2, 0) is 24.3 Å². The number of nitrogens with zero attached hydrogens (tertiary/aromatic N) is 1. The summed E-state index contributed by atoms with van der Waals surface area (Å²) in [6.45, 7) is 3.34. The van der Waals surface area contributed by atoms with Gasteiger partial charge < -0.3 is 14.8 Å². The van der Waals surface area contributed by atoms with E-state index in [-0.39, 0.29) is 16.6 Å². The van der Waals surface area contributed by atoms with Crippen LogP contribution < -0.4 is 5.32 Å². The Morgan fingerprint density at radius 3 is 2.66 bits per heavy atom. The predicted octanol–water partition coefficient (Wildman–Crippen LogP) is 1.62. The lowest BCUT2D eigenvalue weighted by Gasteiger charge is -2.26. The maximum Gasteiger partial charge on any atom is 0.338 e. The fourth-order valence-corrected chi connectivity index (χ4v) is 5.32. The molecule has 2 aliphatic heterocycles. The van der Waals surface area contributed by atoms with Gasteiger partial charge in [0.25, 0.3) is 5.91 Å². The smallest absolute Gasteiger partial charge is 0.338 e. The summed E-state index contributed by atoms with van der Waals surface area (Å²) in [4.78, 5) is 24.3. The van der Waals surface area contributed by atoms with Gasteiger partial charge in [0.15, 0.2) is 6.61 Å². The largest absolute Gasteiger partial charge is 0.452 e. The van der Waals surface area contributed by atoms with Gasteiger partial charge in [-0.25, -0.2) is 13.2 Å². The zero-order valence-electron chi connectivity index (χ0n) is 16.7. The maximum absolute atomic E-state index is 13.0. The molecule has 1 N–H and O–H groups in total. The van der Waals surface area contributed by atoms with Gasteiger partial charge in [0.1, 0.15) is 0 Å². The number of piperidine rings is 1. The van der Waals surface area contributed by atoms with Crippen LogP contribution in [0.2, 0.25) is 0 Å². The zero-order valence-corrected chi connectivity index (χ0v) is 17.5. The molecule has 160 valence electrons. The van der Waals surface area contributed by atoms with Gasteiger partial charge in [-0.2, -0.15) is 4.31 Å². The summed E-state index contributed by atoms with van der Waals surface area (Å²) in [6, 6.07) is 4.44. The highest BCUT2D eigenvalue weighted by Gasteiger charge is 2.28. The summed E-state index contributed by atoms with van der Waals surface area (Å²) in [5, 5.41) is 2.68. The highest BCUT2D eigenvalue weighted by molar-refractivity contribution is 7.89. The molecule has 0 aromatic heterocycles. The molecule has 1 atom stereocenters. The Morgan fingerprint density at radius 1 is 1.21 bits per heavy atom. The fraction of sp³-hybridized carbons (Fsp3) is 0.600. The maximum atomic E-state index is 13.0. The Bertz CT molecular complexity index is 843. The van der Waals surface area contributed by atoms with Crippen molar-refractivity contribution in [3.63, 3.8) is 0 Å².